The predicted molar refractivity (Wildman–Crippen MR) is 52.5 cm³/mol. The molecule has 76 valence electrons. The first-order valence-electron chi connectivity index (χ1n) is 4.23. The SMILES string of the molecule is O=C(O)c1cc(O)c2ccc(F)cc2c1. The van der Waals surface area contributed by atoms with E-state index in [1.54, 1.807) is 0 Å². The minimum absolute atomic E-state index is 0.0643. The van der Waals surface area contributed by atoms with Gasteiger partial charge in [-0.2, -0.15) is 0 Å². The van der Waals surface area contributed by atoms with Crippen LogP contribution in [0, 0.1) is 5.82 Å². The van der Waals surface area contributed by atoms with Crippen LogP contribution in [0.25, 0.3) is 10.8 Å². The van der Waals surface area contributed by atoms with Crippen LogP contribution in [0.15, 0.2) is 30.3 Å². The summed E-state index contributed by atoms with van der Waals surface area (Å²) in [6.45, 7) is 0. The second-order valence-corrected chi connectivity index (χ2v) is 3.17. The van der Waals surface area contributed by atoms with Crippen molar-refractivity contribution in [1.82, 2.24) is 0 Å². The zero-order valence-electron chi connectivity index (χ0n) is 7.57. The Balaban J connectivity index is 2.79. The Hall–Kier alpha value is -2.10. The maximum absolute atomic E-state index is 12.9. The van der Waals surface area contributed by atoms with Gasteiger partial charge in [-0.3, -0.25) is 0 Å². The molecular formula is C11H7FO3. The van der Waals surface area contributed by atoms with Crippen molar-refractivity contribution >= 4 is 16.7 Å². The van der Waals surface area contributed by atoms with Crippen LogP contribution >= 0.6 is 0 Å². The molecule has 0 spiro atoms. The summed E-state index contributed by atoms with van der Waals surface area (Å²) in [5.41, 5.74) is -0.0643. The summed E-state index contributed by atoms with van der Waals surface area (Å²) in [6.07, 6.45) is 0. The van der Waals surface area contributed by atoms with Crippen molar-refractivity contribution in [2.75, 3.05) is 0 Å². The zero-order valence-corrected chi connectivity index (χ0v) is 7.57. The summed E-state index contributed by atoms with van der Waals surface area (Å²) in [7, 11) is 0. The molecule has 0 atom stereocenters. The van der Waals surface area contributed by atoms with Crippen molar-refractivity contribution in [2.45, 2.75) is 0 Å². The van der Waals surface area contributed by atoms with Gasteiger partial charge >= 0.3 is 5.97 Å². The summed E-state index contributed by atoms with van der Waals surface area (Å²) >= 11 is 0. The van der Waals surface area contributed by atoms with Crippen LogP contribution in [-0.4, -0.2) is 16.2 Å². The fraction of sp³-hybridized carbons (Fsp3) is 0. The molecule has 2 aromatic carbocycles. The topological polar surface area (TPSA) is 57.5 Å². The number of carbonyl (C=O) groups is 1. The number of aromatic carboxylic acids is 1. The second kappa shape index (κ2) is 3.24. The molecule has 0 unspecified atom stereocenters. The lowest BCUT2D eigenvalue weighted by Gasteiger charge is -2.03. The maximum Gasteiger partial charge on any atom is 0.335 e. The van der Waals surface area contributed by atoms with Gasteiger partial charge in [0.25, 0.3) is 0 Å². The maximum atomic E-state index is 12.9. The molecule has 0 aliphatic rings. The molecule has 2 rings (SSSR count). The van der Waals surface area contributed by atoms with Crippen molar-refractivity contribution in [3.63, 3.8) is 0 Å². The van der Waals surface area contributed by atoms with E-state index in [2.05, 4.69) is 0 Å². The first-order valence-corrected chi connectivity index (χ1v) is 4.23. The molecule has 2 aromatic rings. The van der Waals surface area contributed by atoms with Gasteiger partial charge in [0.1, 0.15) is 11.6 Å². The third-order valence-electron chi connectivity index (χ3n) is 2.14. The number of carboxylic acids is 1. The number of aromatic hydroxyl groups is 1. The van der Waals surface area contributed by atoms with E-state index >= 15 is 0 Å². The lowest BCUT2D eigenvalue weighted by Crippen LogP contribution is -1.95. The van der Waals surface area contributed by atoms with Crippen LogP contribution in [-0.2, 0) is 0 Å². The molecule has 4 heteroatoms. The first-order chi connectivity index (χ1) is 7.08. The number of hydrogen-bond acceptors (Lipinski definition) is 2. The van der Waals surface area contributed by atoms with Crippen LogP contribution in [0.2, 0.25) is 0 Å². The quantitative estimate of drug-likeness (QED) is 0.753. The number of carboxylic acid groups (broad SMARTS) is 1. The van der Waals surface area contributed by atoms with E-state index in [0.717, 1.165) is 6.07 Å². The Bertz CT molecular complexity index is 549. The Kier molecular flexibility index (Phi) is 2.04. The van der Waals surface area contributed by atoms with Crippen molar-refractivity contribution in [3.8, 4) is 5.75 Å². The van der Waals surface area contributed by atoms with Crippen molar-refractivity contribution in [2.24, 2.45) is 0 Å². The van der Waals surface area contributed by atoms with Crippen LogP contribution in [0.4, 0.5) is 4.39 Å². The Morgan fingerprint density at radius 2 is 1.93 bits per heavy atom. The molecule has 0 aromatic heterocycles. The molecule has 0 aliphatic carbocycles. The predicted octanol–water partition coefficient (Wildman–Crippen LogP) is 2.38. The van der Waals surface area contributed by atoms with Crippen LogP contribution in [0.1, 0.15) is 10.4 Å². The molecule has 2 N–H and O–H groups in total. The van der Waals surface area contributed by atoms with E-state index in [1.807, 2.05) is 0 Å². The monoisotopic (exact) mass is 206 g/mol. The van der Waals surface area contributed by atoms with E-state index in [0.29, 0.717) is 10.8 Å². The number of phenols is 1. The van der Waals surface area contributed by atoms with Gasteiger partial charge in [-0.15, -0.1) is 0 Å². The summed E-state index contributed by atoms with van der Waals surface area (Å²) in [5.74, 6) is -1.79. The van der Waals surface area contributed by atoms with E-state index in [9.17, 15) is 14.3 Å². The molecule has 15 heavy (non-hydrogen) atoms. The third-order valence-corrected chi connectivity index (χ3v) is 2.14. The third kappa shape index (κ3) is 1.61. The summed E-state index contributed by atoms with van der Waals surface area (Å²) in [6, 6.07) is 6.26. The second-order valence-electron chi connectivity index (χ2n) is 3.17. The standard InChI is InChI=1S/C11H7FO3/c12-8-1-2-9-6(4-8)3-7(11(14)15)5-10(9)13/h1-5,13H,(H,14,15). The summed E-state index contributed by atoms with van der Waals surface area (Å²) in [4.78, 5) is 10.7. The summed E-state index contributed by atoms with van der Waals surface area (Å²) < 4.78 is 12.9. The van der Waals surface area contributed by atoms with Gasteiger partial charge in [0.05, 0.1) is 5.56 Å². The normalized spacial score (nSPS) is 10.5. The Morgan fingerprint density at radius 1 is 1.20 bits per heavy atom. The molecule has 0 fully saturated rings. The molecule has 0 radical (unpaired) electrons. The fourth-order valence-corrected chi connectivity index (χ4v) is 1.44. The average Bonchev–Trinajstić information content (AvgIpc) is 2.16. The smallest absolute Gasteiger partial charge is 0.335 e. The van der Waals surface area contributed by atoms with Gasteiger partial charge in [-0.1, -0.05) is 0 Å². The Morgan fingerprint density at radius 3 is 2.60 bits per heavy atom. The molecular weight excluding hydrogens is 199 g/mol. The van der Waals surface area contributed by atoms with E-state index in [4.69, 9.17) is 5.11 Å². The van der Waals surface area contributed by atoms with Crippen molar-refractivity contribution < 1.29 is 19.4 Å². The van der Waals surface area contributed by atoms with Gasteiger partial charge in [0.2, 0.25) is 0 Å². The van der Waals surface area contributed by atoms with Gasteiger partial charge in [0, 0.05) is 5.39 Å². The number of rotatable bonds is 1. The molecule has 0 saturated carbocycles. The molecule has 0 aliphatic heterocycles. The van der Waals surface area contributed by atoms with E-state index in [-0.39, 0.29) is 11.3 Å². The van der Waals surface area contributed by atoms with Crippen LogP contribution in [0.3, 0.4) is 0 Å². The minimum atomic E-state index is -1.16. The zero-order chi connectivity index (χ0) is 11.0. The number of fused-ring (bicyclic) bond motifs is 1. The summed E-state index contributed by atoms with van der Waals surface area (Å²) in [5, 5.41) is 19.0. The highest BCUT2D eigenvalue weighted by Gasteiger charge is 2.08. The Labute approximate surface area is 84.4 Å². The highest BCUT2D eigenvalue weighted by atomic mass is 19.1. The van der Waals surface area contributed by atoms with Gasteiger partial charge < -0.3 is 10.2 Å². The van der Waals surface area contributed by atoms with E-state index in [1.165, 1.54) is 24.3 Å². The average molecular weight is 206 g/mol. The van der Waals surface area contributed by atoms with Crippen LogP contribution < -0.4 is 0 Å². The van der Waals surface area contributed by atoms with Gasteiger partial charge in [0.15, 0.2) is 0 Å². The van der Waals surface area contributed by atoms with E-state index < -0.39 is 11.8 Å². The number of phenolic OH excluding ortho intramolecular Hbond substituents is 1. The fourth-order valence-electron chi connectivity index (χ4n) is 1.44. The largest absolute Gasteiger partial charge is 0.507 e. The van der Waals surface area contributed by atoms with Crippen molar-refractivity contribution in [1.29, 1.82) is 0 Å². The molecule has 0 bridgehead atoms. The van der Waals surface area contributed by atoms with Gasteiger partial charge in [-0.25, -0.2) is 9.18 Å². The molecule has 0 saturated heterocycles. The minimum Gasteiger partial charge on any atom is -0.507 e. The van der Waals surface area contributed by atoms with Crippen LogP contribution in [0.5, 0.6) is 5.75 Å². The lowest BCUT2D eigenvalue weighted by molar-refractivity contribution is 0.0696. The highest BCUT2D eigenvalue weighted by molar-refractivity contribution is 5.97. The van der Waals surface area contributed by atoms with Gasteiger partial charge in [-0.05, 0) is 35.7 Å². The number of benzene rings is 2. The molecule has 0 heterocycles. The molecule has 3 nitrogen and oxygen atoms in total. The lowest BCUT2D eigenvalue weighted by atomic mass is 10.1. The van der Waals surface area contributed by atoms with Crippen molar-refractivity contribution in [3.05, 3.63) is 41.7 Å². The first kappa shape index (κ1) is 9.45. The highest BCUT2D eigenvalue weighted by Crippen LogP contribution is 2.27. The number of halogens is 1. The molecule has 0 amide bonds. The number of hydrogen-bond donors (Lipinski definition) is 2.